The molecule has 11 heterocycles. The monoisotopic (exact) mass is 1050 g/mol. The topological polar surface area (TPSA) is 219 Å². The van der Waals surface area contributed by atoms with Gasteiger partial charge in [-0.2, -0.15) is 0 Å². The first kappa shape index (κ1) is 49.8. The summed E-state index contributed by atoms with van der Waals surface area (Å²) < 4.78 is 5.91. The maximum atomic E-state index is 11.4. The minimum atomic E-state index is -0.439. The number of nitrogens with two attached hydrogens (primary N) is 2. The van der Waals surface area contributed by atoms with Crippen LogP contribution >= 0.6 is 0 Å². The summed E-state index contributed by atoms with van der Waals surface area (Å²) in [5, 5.41) is 49.7. The summed E-state index contributed by atoms with van der Waals surface area (Å²) >= 11 is 0. The zero-order valence-electron chi connectivity index (χ0n) is 43.8. The van der Waals surface area contributed by atoms with Gasteiger partial charge in [0.05, 0.1) is 42.0 Å². The molecule has 0 saturated carbocycles. The molecule has 13 rings (SSSR count). The zero-order chi connectivity index (χ0) is 52.9. The molecule has 7 N–H and O–H groups in total. The first-order valence-corrected chi connectivity index (χ1v) is 27.6. The number of likely N-dealkylation sites (tertiary alicyclic amines) is 2. The number of phenolic OH excluding ortho intramolecular Hbond substituents is 2. The lowest BCUT2D eigenvalue weighted by atomic mass is 9.61. The second kappa shape index (κ2) is 20.9. The molecule has 7 saturated heterocycles. The van der Waals surface area contributed by atoms with Gasteiger partial charge in [-0.3, -0.25) is 9.80 Å². The molecule has 7 aliphatic rings. The molecule has 4 aromatic heterocycles. The average molecular weight is 1050 g/mol. The Bertz CT molecular complexity index is 3310. The number of anilines is 6. The van der Waals surface area contributed by atoms with Crippen LogP contribution in [0, 0.1) is 35.0 Å². The molecule has 7 aliphatic heterocycles. The van der Waals surface area contributed by atoms with E-state index in [2.05, 4.69) is 103 Å². The largest absolute Gasteiger partial charge is 0.507 e. The van der Waals surface area contributed by atoms with Crippen molar-refractivity contribution in [1.29, 1.82) is 0 Å². The molecule has 18 heteroatoms. The molecule has 18 nitrogen and oxygen atoms in total. The highest BCUT2D eigenvalue weighted by molar-refractivity contribution is 5.76. The highest BCUT2D eigenvalue weighted by Gasteiger charge is 2.56. The normalized spacial score (nSPS) is 25.5. The summed E-state index contributed by atoms with van der Waals surface area (Å²) in [4.78, 5) is 24.0. The van der Waals surface area contributed by atoms with E-state index in [1.165, 1.54) is 0 Å². The van der Waals surface area contributed by atoms with E-state index in [1.54, 1.807) is 24.3 Å². The number of piperidine rings is 1. The van der Waals surface area contributed by atoms with Gasteiger partial charge in [0.25, 0.3) is 0 Å². The van der Waals surface area contributed by atoms with Crippen LogP contribution < -0.4 is 31.1 Å². The van der Waals surface area contributed by atoms with Crippen LogP contribution in [0.4, 0.5) is 34.4 Å². The second-order valence-electron chi connectivity index (χ2n) is 22.5. The van der Waals surface area contributed by atoms with Crippen molar-refractivity contribution in [3.63, 3.8) is 0 Å². The number of benzene rings is 2. The number of phenols is 2. The molecule has 0 aliphatic carbocycles. The second-order valence-corrected chi connectivity index (χ2v) is 22.5. The number of aliphatic hydroxyl groups excluding tert-OH is 1. The Morgan fingerprint density at radius 3 is 1.62 bits per heavy atom. The van der Waals surface area contributed by atoms with Gasteiger partial charge in [-0.1, -0.05) is 36.1 Å². The minimum absolute atomic E-state index is 0.145. The summed E-state index contributed by atoms with van der Waals surface area (Å²) in [7, 11) is 0. The van der Waals surface area contributed by atoms with E-state index in [0.717, 1.165) is 132 Å². The lowest BCUT2D eigenvalue weighted by molar-refractivity contribution is -0.160. The van der Waals surface area contributed by atoms with Gasteiger partial charge in [-0.05, 0) is 123 Å². The molecular weight excluding hydrogens is 981 g/mol. The Kier molecular flexibility index (Phi) is 13.3. The van der Waals surface area contributed by atoms with Gasteiger partial charge >= 0.3 is 0 Å². The number of pyridine rings is 2. The molecular formula is C60H66N14O4. The van der Waals surface area contributed by atoms with Crippen molar-refractivity contribution in [3.8, 4) is 57.7 Å². The minimum Gasteiger partial charge on any atom is -0.507 e. The van der Waals surface area contributed by atoms with Gasteiger partial charge in [0.15, 0.2) is 11.6 Å². The van der Waals surface area contributed by atoms with Gasteiger partial charge in [0.2, 0.25) is 0 Å². The Hall–Kier alpha value is -7.74. The summed E-state index contributed by atoms with van der Waals surface area (Å²) in [5.41, 5.74) is 20.9. The van der Waals surface area contributed by atoms with Crippen molar-refractivity contribution in [3.05, 3.63) is 109 Å². The van der Waals surface area contributed by atoms with Crippen molar-refractivity contribution in [2.75, 3.05) is 103 Å². The highest BCUT2D eigenvalue weighted by Crippen LogP contribution is 2.50. The Morgan fingerprint density at radius 2 is 1.10 bits per heavy atom. The van der Waals surface area contributed by atoms with E-state index in [1.807, 2.05) is 48.8 Å². The van der Waals surface area contributed by atoms with E-state index in [-0.39, 0.29) is 53.0 Å². The Labute approximate surface area is 455 Å². The van der Waals surface area contributed by atoms with Crippen LogP contribution in [0.1, 0.15) is 56.3 Å². The number of ether oxygens (including phenoxy) is 1. The molecule has 78 heavy (non-hydrogen) atoms. The smallest absolute Gasteiger partial charge is 0.169 e. The molecule has 0 radical (unpaired) electrons. The van der Waals surface area contributed by atoms with Crippen molar-refractivity contribution in [2.24, 2.45) is 11.3 Å². The van der Waals surface area contributed by atoms with Gasteiger partial charge in [-0.15, -0.1) is 20.4 Å². The summed E-state index contributed by atoms with van der Waals surface area (Å²) in [6.07, 6.45) is 10.4. The predicted octanol–water partition coefficient (Wildman–Crippen LogP) is 5.25. The molecule has 0 amide bonds. The standard InChI is InChI=1S/C60H66N14O4/c61-58-53(30-51(65-67-58)49-9-1-3-11-55(49)76)71-33-44-13-14-45(34-71)73(44)42-17-21-63-40(28-42)7-5-23-69-32-39(27-48(75)37-69)57-60(19-25-78-26-20-60)38-70(57)24-6-8-41-29-43(18-22-64-41)74-46-15-16-47(74)36-72(35-46)54-31-52(66-68-59(54)62)50-10-2-4-12-56(50)77/h1-4,9-12,17-18,21-22,28-31,39,44-48,57,75-77H,13-16,19-20,23-27,32-38H2,(H2,61,67)(H2,62,68). The molecule has 7 fully saturated rings. The zero-order valence-corrected chi connectivity index (χ0v) is 43.8. The van der Waals surface area contributed by atoms with Gasteiger partial charge in [0, 0.05) is 130 Å². The number of hydrogen-bond donors (Lipinski definition) is 5. The van der Waals surface area contributed by atoms with E-state index >= 15 is 0 Å². The number of β-amino-alcohol motifs (C(OH)–C–C–N with tert-alkyl or cyclic N) is 1. The van der Waals surface area contributed by atoms with Crippen LogP contribution in [-0.4, -0.2) is 164 Å². The van der Waals surface area contributed by atoms with Gasteiger partial charge in [0.1, 0.15) is 22.9 Å². The van der Waals surface area contributed by atoms with Gasteiger partial charge in [-0.25, -0.2) is 9.97 Å². The van der Waals surface area contributed by atoms with Gasteiger partial charge < -0.3 is 51.1 Å². The number of nitrogen functional groups attached to an aromatic ring is 2. The highest BCUT2D eigenvalue weighted by atomic mass is 16.5. The number of aliphatic hydroxyl groups is 1. The van der Waals surface area contributed by atoms with Crippen molar-refractivity contribution in [1.82, 2.24) is 40.2 Å². The quantitative estimate of drug-likeness (QED) is 0.117. The van der Waals surface area contributed by atoms with E-state index in [9.17, 15) is 15.3 Å². The van der Waals surface area contributed by atoms with Crippen molar-refractivity contribution in [2.45, 2.75) is 81.3 Å². The van der Waals surface area contributed by atoms with Crippen LogP contribution in [0.25, 0.3) is 22.5 Å². The molecule has 2 aromatic carbocycles. The molecule has 7 unspecified atom stereocenters. The third kappa shape index (κ3) is 9.61. The fourth-order valence-corrected chi connectivity index (χ4v) is 14.4. The van der Waals surface area contributed by atoms with Crippen LogP contribution in [-0.2, 0) is 4.74 Å². The SMILES string of the molecule is Nc1nnc(-c2ccccc2O)cc1N1CC2CCC(C1)N2c1ccnc(C#CCN2CC(O)CC(C3N(CC#Cc4cc(N5C6CCC5CN(c5cc(-c7ccccc7O)nnc5N)C6)ccn4)CC34CCOCC4)C2)c1. The number of para-hydroxylation sites is 2. The van der Waals surface area contributed by atoms with Crippen LogP contribution in [0.5, 0.6) is 11.5 Å². The van der Waals surface area contributed by atoms with E-state index in [4.69, 9.17) is 21.2 Å². The summed E-state index contributed by atoms with van der Waals surface area (Å²) in [6, 6.07) is 28.1. The maximum absolute atomic E-state index is 11.4. The van der Waals surface area contributed by atoms with Crippen LogP contribution in [0.3, 0.4) is 0 Å². The summed E-state index contributed by atoms with van der Waals surface area (Å²) in [5.74, 6) is 15.2. The number of aromatic hydroxyl groups is 2. The first-order chi connectivity index (χ1) is 38.1. The Balaban J connectivity index is 0.650. The number of nitrogens with zero attached hydrogens (tertiary/aromatic N) is 12. The lowest BCUT2D eigenvalue weighted by Crippen LogP contribution is -2.70. The number of aromatic nitrogens is 6. The number of piperazine rings is 2. The summed E-state index contributed by atoms with van der Waals surface area (Å²) in [6.45, 7) is 8.29. The molecule has 1 spiro atoms. The molecule has 6 aromatic rings. The first-order valence-electron chi connectivity index (χ1n) is 27.6. The predicted molar refractivity (Wildman–Crippen MR) is 301 cm³/mol. The van der Waals surface area contributed by atoms with Crippen LogP contribution in [0.2, 0.25) is 0 Å². The average Bonchev–Trinajstić information content (AvgIpc) is 3.89. The third-order valence-corrected chi connectivity index (χ3v) is 17.7. The number of hydrogen-bond acceptors (Lipinski definition) is 18. The fourth-order valence-electron chi connectivity index (χ4n) is 14.4. The molecule has 400 valence electrons. The number of fused-ring (bicyclic) bond motifs is 4. The van der Waals surface area contributed by atoms with Crippen molar-refractivity contribution < 1.29 is 20.1 Å². The van der Waals surface area contributed by atoms with E-state index < -0.39 is 6.10 Å². The molecule has 7 atom stereocenters. The molecule has 4 bridgehead atoms. The van der Waals surface area contributed by atoms with Crippen LogP contribution in [0.15, 0.2) is 97.3 Å². The maximum Gasteiger partial charge on any atom is 0.169 e. The lowest BCUT2D eigenvalue weighted by Gasteiger charge is -2.62. The third-order valence-electron chi connectivity index (χ3n) is 17.7. The Morgan fingerprint density at radius 1 is 0.603 bits per heavy atom. The fraction of sp³-hybridized carbons (Fsp3) is 0.433. The van der Waals surface area contributed by atoms with E-state index in [0.29, 0.717) is 53.8 Å². The van der Waals surface area contributed by atoms with Crippen molar-refractivity contribution >= 4 is 34.4 Å². The number of rotatable bonds is 9.